The highest BCUT2D eigenvalue weighted by atomic mass is 79.9. The van der Waals surface area contributed by atoms with E-state index in [1.807, 2.05) is 24.3 Å². The van der Waals surface area contributed by atoms with Crippen molar-refractivity contribution in [3.05, 3.63) is 68.9 Å². The first-order valence-electron chi connectivity index (χ1n) is 7.54. The van der Waals surface area contributed by atoms with Crippen molar-refractivity contribution in [2.24, 2.45) is 0 Å². The summed E-state index contributed by atoms with van der Waals surface area (Å²) in [7, 11) is -3.47. The lowest BCUT2D eigenvalue weighted by Crippen LogP contribution is -2.33. The van der Waals surface area contributed by atoms with Gasteiger partial charge in [-0.05, 0) is 42.7 Å². The molecule has 1 fully saturated rings. The minimum absolute atomic E-state index is 0.0690. The first kappa shape index (κ1) is 17.9. The predicted molar refractivity (Wildman–Crippen MR) is 96.7 cm³/mol. The van der Waals surface area contributed by atoms with Gasteiger partial charge in [-0.1, -0.05) is 45.7 Å². The maximum Gasteiger partial charge on any atom is 0.217 e. The minimum Gasteiger partial charge on any atom is -0.212 e. The fraction of sp³-hybridized carbons (Fsp3) is 0.294. The van der Waals surface area contributed by atoms with Gasteiger partial charge in [0, 0.05) is 28.1 Å². The van der Waals surface area contributed by atoms with Crippen LogP contribution in [0.4, 0.5) is 4.39 Å². The van der Waals surface area contributed by atoms with Crippen molar-refractivity contribution in [1.29, 1.82) is 0 Å². The molecule has 2 aromatic carbocycles. The Morgan fingerprint density at radius 3 is 2.38 bits per heavy atom. The molecule has 0 aliphatic heterocycles. The van der Waals surface area contributed by atoms with Gasteiger partial charge in [0.1, 0.15) is 5.82 Å². The molecule has 24 heavy (non-hydrogen) atoms. The van der Waals surface area contributed by atoms with Crippen molar-refractivity contribution in [3.63, 3.8) is 0 Å². The standard InChI is InChI=1S/C17H16BrClFNO2S/c18-13-6-4-12(5-7-13)10-21(24(22,23)14-8-9-14)11-15-16(19)2-1-3-17(15)20/h1-7,14H,8-11H2. The summed E-state index contributed by atoms with van der Waals surface area (Å²) in [6.07, 6.45) is 1.31. The van der Waals surface area contributed by atoms with Crippen LogP contribution in [0, 0.1) is 5.82 Å². The maximum absolute atomic E-state index is 14.1. The van der Waals surface area contributed by atoms with Gasteiger partial charge in [-0.15, -0.1) is 0 Å². The summed E-state index contributed by atoms with van der Waals surface area (Å²) < 4.78 is 41.8. The maximum atomic E-state index is 14.1. The van der Waals surface area contributed by atoms with Gasteiger partial charge < -0.3 is 0 Å². The molecule has 0 atom stereocenters. The number of nitrogens with zero attached hydrogens (tertiary/aromatic N) is 1. The van der Waals surface area contributed by atoms with Gasteiger partial charge in [0.05, 0.1) is 5.25 Å². The third-order valence-electron chi connectivity index (χ3n) is 3.97. The van der Waals surface area contributed by atoms with Crippen molar-refractivity contribution < 1.29 is 12.8 Å². The summed E-state index contributed by atoms with van der Waals surface area (Å²) in [4.78, 5) is 0. The van der Waals surface area contributed by atoms with Crippen LogP contribution in [-0.2, 0) is 23.1 Å². The van der Waals surface area contributed by atoms with Crippen LogP contribution in [0.3, 0.4) is 0 Å². The van der Waals surface area contributed by atoms with Gasteiger partial charge in [0.2, 0.25) is 10.0 Å². The third-order valence-corrected chi connectivity index (χ3v) is 7.15. The van der Waals surface area contributed by atoms with Crippen LogP contribution in [0.5, 0.6) is 0 Å². The van der Waals surface area contributed by atoms with Gasteiger partial charge in [0.15, 0.2) is 0 Å². The SMILES string of the molecule is O=S(=O)(C1CC1)N(Cc1ccc(Br)cc1)Cc1c(F)cccc1Cl. The zero-order chi connectivity index (χ0) is 17.3. The average molecular weight is 433 g/mol. The summed E-state index contributed by atoms with van der Waals surface area (Å²) in [6, 6.07) is 11.8. The van der Waals surface area contributed by atoms with E-state index in [4.69, 9.17) is 11.6 Å². The lowest BCUT2D eigenvalue weighted by atomic mass is 10.2. The Hall–Kier alpha value is -0.950. The molecular weight excluding hydrogens is 417 g/mol. The fourth-order valence-corrected chi connectivity index (χ4v) is 4.74. The Morgan fingerprint density at radius 1 is 1.12 bits per heavy atom. The fourth-order valence-electron chi connectivity index (χ4n) is 2.47. The molecule has 0 saturated heterocycles. The normalized spacial score (nSPS) is 15.0. The molecule has 0 heterocycles. The van der Waals surface area contributed by atoms with Crippen LogP contribution < -0.4 is 0 Å². The highest BCUT2D eigenvalue weighted by Crippen LogP contribution is 2.33. The van der Waals surface area contributed by atoms with E-state index in [0.717, 1.165) is 10.0 Å². The van der Waals surface area contributed by atoms with Crippen LogP contribution in [0.2, 0.25) is 5.02 Å². The Balaban J connectivity index is 1.92. The topological polar surface area (TPSA) is 37.4 Å². The zero-order valence-corrected chi connectivity index (χ0v) is 15.9. The summed E-state index contributed by atoms with van der Waals surface area (Å²) in [6.45, 7) is 0.122. The molecule has 1 aliphatic carbocycles. The molecule has 0 unspecified atom stereocenters. The molecule has 1 aliphatic rings. The number of benzene rings is 2. The Labute approximate surface area is 154 Å². The number of hydrogen-bond acceptors (Lipinski definition) is 2. The van der Waals surface area contributed by atoms with E-state index in [9.17, 15) is 12.8 Å². The monoisotopic (exact) mass is 431 g/mol. The molecule has 128 valence electrons. The second kappa shape index (κ2) is 7.12. The summed E-state index contributed by atoms with van der Waals surface area (Å²) in [5.74, 6) is -0.491. The Bertz CT molecular complexity index is 818. The summed E-state index contributed by atoms with van der Waals surface area (Å²) in [5, 5.41) is -0.125. The van der Waals surface area contributed by atoms with Crippen molar-refractivity contribution >= 4 is 37.6 Å². The van der Waals surface area contributed by atoms with Gasteiger partial charge in [-0.2, -0.15) is 4.31 Å². The third kappa shape index (κ3) is 3.99. The van der Waals surface area contributed by atoms with E-state index in [1.54, 1.807) is 6.07 Å². The van der Waals surface area contributed by atoms with E-state index in [1.165, 1.54) is 16.4 Å². The molecule has 0 N–H and O–H groups in total. The molecule has 0 bridgehead atoms. The lowest BCUT2D eigenvalue weighted by Gasteiger charge is -2.23. The van der Waals surface area contributed by atoms with Crippen LogP contribution in [0.1, 0.15) is 24.0 Å². The van der Waals surface area contributed by atoms with Crippen molar-refractivity contribution in [1.82, 2.24) is 4.31 Å². The Morgan fingerprint density at radius 2 is 1.79 bits per heavy atom. The van der Waals surface area contributed by atoms with E-state index in [2.05, 4.69) is 15.9 Å². The summed E-state index contributed by atoms with van der Waals surface area (Å²) in [5.41, 5.74) is 1.05. The van der Waals surface area contributed by atoms with E-state index >= 15 is 0 Å². The van der Waals surface area contributed by atoms with Gasteiger partial charge in [-0.25, -0.2) is 12.8 Å². The van der Waals surface area contributed by atoms with Gasteiger partial charge in [-0.3, -0.25) is 0 Å². The molecule has 0 aromatic heterocycles. The molecule has 0 amide bonds. The molecule has 0 spiro atoms. The zero-order valence-electron chi connectivity index (χ0n) is 12.8. The molecule has 7 heteroatoms. The number of rotatable bonds is 6. The number of halogens is 3. The number of sulfonamides is 1. The molecule has 2 aromatic rings. The average Bonchev–Trinajstić information content (AvgIpc) is 3.37. The minimum atomic E-state index is -3.47. The van der Waals surface area contributed by atoms with Crippen LogP contribution in [0.15, 0.2) is 46.9 Å². The highest BCUT2D eigenvalue weighted by Gasteiger charge is 2.40. The largest absolute Gasteiger partial charge is 0.217 e. The van der Waals surface area contributed by atoms with Gasteiger partial charge in [0.25, 0.3) is 0 Å². The van der Waals surface area contributed by atoms with Crippen molar-refractivity contribution in [2.75, 3.05) is 0 Å². The first-order valence-corrected chi connectivity index (χ1v) is 10.2. The molecule has 1 saturated carbocycles. The molecular formula is C17H16BrClFNO2S. The van der Waals surface area contributed by atoms with E-state index < -0.39 is 15.8 Å². The van der Waals surface area contributed by atoms with E-state index in [0.29, 0.717) is 12.8 Å². The molecule has 3 nitrogen and oxygen atoms in total. The van der Waals surface area contributed by atoms with Crippen LogP contribution >= 0.6 is 27.5 Å². The first-order chi connectivity index (χ1) is 11.4. The highest BCUT2D eigenvalue weighted by molar-refractivity contribution is 9.10. The Kier molecular flexibility index (Phi) is 5.30. The van der Waals surface area contributed by atoms with Crippen LogP contribution in [0.25, 0.3) is 0 Å². The van der Waals surface area contributed by atoms with Crippen LogP contribution in [-0.4, -0.2) is 18.0 Å². The van der Waals surface area contributed by atoms with Crippen molar-refractivity contribution in [3.8, 4) is 0 Å². The lowest BCUT2D eigenvalue weighted by molar-refractivity contribution is 0.393. The number of hydrogen-bond donors (Lipinski definition) is 0. The quantitative estimate of drug-likeness (QED) is 0.661. The van der Waals surface area contributed by atoms with Gasteiger partial charge >= 0.3 is 0 Å². The predicted octanol–water partition coefficient (Wildman–Crippen LogP) is 4.74. The molecule has 0 radical (unpaired) electrons. The second-order valence-electron chi connectivity index (χ2n) is 5.84. The molecule has 3 rings (SSSR count). The van der Waals surface area contributed by atoms with Crippen molar-refractivity contribution in [2.45, 2.75) is 31.2 Å². The summed E-state index contributed by atoms with van der Waals surface area (Å²) >= 11 is 9.43. The van der Waals surface area contributed by atoms with E-state index in [-0.39, 0.29) is 28.9 Å². The second-order valence-corrected chi connectivity index (χ2v) is 9.37. The smallest absolute Gasteiger partial charge is 0.212 e.